The number of nitrogens with zero attached hydrogens (tertiary/aromatic N) is 1. The number of nitriles is 1. The standard InChI is InChI=1S/C17H14F2N2O2/c1-11-4-2-3-5-13(11)15(9-20)21-17(22)10-23-16-7-6-12(18)8-14(16)19/h2-8,15H,10H2,1H3,(H,21,22)/t15-/m0/s1. The van der Waals surface area contributed by atoms with E-state index >= 15 is 0 Å². The van der Waals surface area contributed by atoms with Crippen molar-refractivity contribution in [2.24, 2.45) is 0 Å². The minimum Gasteiger partial charge on any atom is -0.481 e. The number of carbonyl (C=O) groups is 1. The number of amides is 1. The Balaban J connectivity index is 1.98. The third-order valence-corrected chi connectivity index (χ3v) is 3.19. The Kier molecular flexibility index (Phi) is 5.26. The summed E-state index contributed by atoms with van der Waals surface area (Å²) in [5.41, 5.74) is 1.54. The minimum atomic E-state index is -0.895. The predicted molar refractivity (Wildman–Crippen MR) is 79.5 cm³/mol. The number of aryl methyl sites for hydroxylation is 1. The van der Waals surface area contributed by atoms with Crippen molar-refractivity contribution in [2.45, 2.75) is 13.0 Å². The highest BCUT2D eigenvalue weighted by atomic mass is 19.1. The fraction of sp³-hybridized carbons (Fsp3) is 0.176. The van der Waals surface area contributed by atoms with Gasteiger partial charge in [-0.15, -0.1) is 0 Å². The summed E-state index contributed by atoms with van der Waals surface area (Å²) in [6.07, 6.45) is 0. The molecule has 6 heteroatoms. The molecule has 0 spiro atoms. The first-order chi connectivity index (χ1) is 11.0. The number of benzene rings is 2. The van der Waals surface area contributed by atoms with Crippen molar-refractivity contribution in [3.63, 3.8) is 0 Å². The Morgan fingerprint density at radius 2 is 2.04 bits per heavy atom. The Labute approximate surface area is 132 Å². The largest absolute Gasteiger partial charge is 0.481 e. The number of carbonyl (C=O) groups excluding carboxylic acids is 1. The van der Waals surface area contributed by atoms with Crippen LogP contribution in [0.5, 0.6) is 5.75 Å². The molecule has 0 bridgehead atoms. The molecule has 118 valence electrons. The van der Waals surface area contributed by atoms with Crippen LogP contribution in [-0.4, -0.2) is 12.5 Å². The quantitative estimate of drug-likeness (QED) is 0.922. The van der Waals surface area contributed by atoms with Gasteiger partial charge in [-0.25, -0.2) is 8.78 Å². The second kappa shape index (κ2) is 7.36. The Morgan fingerprint density at radius 3 is 2.70 bits per heavy atom. The van der Waals surface area contributed by atoms with Gasteiger partial charge in [-0.3, -0.25) is 4.79 Å². The molecule has 1 amide bonds. The molecule has 0 aliphatic heterocycles. The van der Waals surface area contributed by atoms with Gasteiger partial charge in [0.25, 0.3) is 5.91 Å². The SMILES string of the molecule is Cc1ccccc1[C@H](C#N)NC(=O)COc1ccc(F)cc1F. The van der Waals surface area contributed by atoms with Crippen LogP contribution in [0.15, 0.2) is 42.5 Å². The topological polar surface area (TPSA) is 62.1 Å². The van der Waals surface area contributed by atoms with Crippen LogP contribution in [0.1, 0.15) is 17.2 Å². The van der Waals surface area contributed by atoms with Crippen molar-refractivity contribution < 1.29 is 18.3 Å². The molecule has 0 aliphatic carbocycles. The van der Waals surface area contributed by atoms with Crippen LogP contribution in [0, 0.1) is 29.9 Å². The van der Waals surface area contributed by atoms with Crippen LogP contribution < -0.4 is 10.1 Å². The molecule has 2 aromatic carbocycles. The molecule has 0 aromatic heterocycles. The monoisotopic (exact) mass is 316 g/mol. The molecule has 0 radical (unpaired) electrons. The molecule has 0 aliphatic rings. The van der Waals surface area contributed by atoms with E-state index in [0.29, 0.717) is 11.6 Å². The summed E-state index contributed by atoms with van der Waals surface area (Å²) in [4.78, 5) is 11.9. The van der Waals surface area contributed by atoms with Crippen molar-refractivity contribution >= 4 is 5.91 Å². The van der Waals surface area contributed by atoms with Gasteiger partial charge in [0.05, 0.1) is 6.07 Å². The fourth-order valence-corrected chi connectivity index (χ4v) is 2.03. The van der Waals surface area contributed by atoms with Crippen LogP contribution >= 0.6 is 0 Å². The van der Waals surface area contributed by atoms with E-state index in [4.69, 9.17) is 4.74 Å². The zero-order chi connectivity index (χ0) is 16.8. The van der Waals surface area contributed by atoms with Crippen molar-refractivity contribution in [2.75, 3.05) is 6.61 Å². The van der Waals surface area contributed by atoms with E-state index in [1.807, 2.05) is 25.1 Å². The molecular formula is C17H14F2N2O2. The third kappa shape index (κ3) is 4.27. The fourth-order valence-electron chi connectivity index (χ4n) is 2.03. The predicted octanol–water partition coefficient (Wildman–Crippen LogP) is 3.03. The second-order valence-corrected chi connectivity index (χ2v) is 4.85. The number of nitrogens with one attached hydrogen (secondary N) is 1. The van der Waals surface area contributed by atoms with Crippen LogP contribution in [0.4, 0.5) is 8.78 Å². The number of halogens is 2. The smallest absolute Gasteiger partial charge is 0.259 e. The number of hydrogen-bond acceptors (Lipinski definition) is 3. The van der Waals surface area contributed by atoms with Gasteiger partial charge < -0.3 is 10.1 Å². The molecule has 2 rings (SSSR count). The maximum absolute atomic E-state index is 13.4. The lowest BCUT2D eigenvalue weighted by molar-refractivity contribution is -0.123. The summed E-state index contributed by atoms with van der Waals surface area (Å²) in [5.74, 6) is -2.44. The highest BCUT2D eigenvalue weighted by molar-refractivity contribution is 5.78. The number of hydrogen-bond donors (Lipinski definition) is 1. The minimum absolute atomic E-state index is 0.231. The number of ether oxygens (including phenoxy) is 1. The van der Waals surface area contributed by atoms with Gasteiger partial charge in [0.1, 0.15) is 11.9 Å². The van der Waals surface area contributed by atoms with Crippen molar-refractivity contribution in [3.05, 3.63) is 65.2 Å². The van der Waals surface area contributed by atoms with E-state index in [2.05, 4.69) is 5.32 Å². The van der Waals surface area contributed by atoms with Crippen molar-refractivity contribution in [1.29, 1.82) is 5.26 Å². The first kappa shape index (κ1) is 16.4. The first-order valence-electron chi connectivity index (χ1n) is 6.83. The third-order valence-electron chi connectivity index (χ3n) is 3.19. The van der Waals surface area contributed by atoms with Gasteiger partial charge in [-0.2, -0.15) is 5.26 Å². The lowest BCUT2D eigenvalue weighted by atomic mass is 10.0. The van der Waals surface area contributed by atoms with E-state index in [1.54, 1.807) is 12.1 Å². The van der Waals surface area contributed by atoms with Crippen molar-refractivity contribution in [3.8, 4) is 11.8 Å². The Hall–Kier alpha value is -2.94. The molecule has 0 fully saturated rings. The van der Waals surface area contributed by atoms with Crippen LogP contribution in [-0.2, 0) is 4.79 Å². The molecule has 0 saturated carbocycles. The maximum atomic E-state index is 13.4. The molecule has 1 N–H and O–H groups in total. The van der Waals surface area contributed by atoms with Gasteiger partial charge in [0, 0.05) is 6.07 Å². The average molecular weight is 316 g/mol. The summed E-state index contributed by atoms with van der Waals surface area (Å²) >= 11 is 0. The lowest BCUT2D eigenvalue weighted by Gasteiger charge is -2.14. The molecule has 4 nitrogen and oxygen atoms in total. The van der Waals surface area contributed by atoms with E-state index in [1.165, 1.54) is 0 Å². The van der Waals surface area contributed by atoms with Gasteiger partial charge in [-0.05, 0) is 30.2 Å². The van der Waals surface area contributed by atoms with Crippen LogP contribution in [0.25, 0.3) is 0 Å². The highest BCUT2D eigenvalue weighted by Crippen LogP contribution is 2.18. The Morgan fingerprint density at radius 1 is 1.30 bits per heavy atom. The molecule has 1 atom stereocenters. The van der Waals surface area contributed by atoms with Crippen molar-refractivity contribution in [1.82, 2.24) is 5.32 Å². The van der Waals surface area contributed by atoms with Gasteiger partial charge >= 0.3 is 0 Å². The zero-order valence-corrected chi connectivity index (χ0v) is 12.3. The molecule has 23 heavy (non-hydrogen) atoms. The van der Waals surface area contributed by atoms with E-state index < -0.39 is 30.2 Å². The maximum Gasteiger partial charge on any atom is 0.259 e. The molecule has 2 aromatic rings. The summed E-state index contributed by atoms with van der Waals surface area (Å²) < 4.78 is 31.2. The molecule has 0 unspecified atom stereocenters. The van der Waals surface area contributed by atoms with Gasteiger partial charge in [0.15, 0.2) is 18.2 Å². The second-order valence-electron chi connectivity index (χ2n) is 4.85. The summed E-state index contributed by atoms with van der Waals surface area (Å²) in [6.45, 7) is 1.35. The Bertz CT molecular complexity index is 756. The van der Waals surface area contributed by atoms with Crippen LogP contribution in [0.3, 0.4) is 0 Å². The lowest BCUT2D eigenvalue weighted by Crippen LogP contribution is -2.32. The first-order valence-corrected chi connectivity index (χ1v) is 6.83. The van der Waals surface area contributed by atoms with Gasteiger partial charge in [-0.1, -0.05) is 24.3 Å². The van der Waals surface area contributed by atoms with Crippen LogP contribution in [0.2, 0.25) is 0 Å². The highest BCUT2D eigenvalue weighted by Gasteiger charge is 2.16. The van der Waals surface area contributed by atoms with E-state index in [9.17, 15) is 18.8 Å². The molecule has 0 heterocycles. The normalized spacial score (nSPS) is 11.4. The van der Waals surface area contributed by atoms with E-state index in [-0.39, 0.29) is 5.75 Å². The van der Waals surface area contributed by atoms with Gasteiger partial charge in [0.2, 0.25) is 0 Å². The van der Waals surface area contributed by atoms with E-state index in [0.717, 1.165) is 17.7 Å². The summed E-state index contributed by atoms with van der Waals surface area (Å²) in [7, 11) is 0. The molecular weight excluding hydrogens is 302 g/mol. The molecule has 0 saturated heterocycles. The summed E-state index contributed by atoms with van der Waals surface area (Å²) in [5, 5.41) is 11.7. The summed E-state index contributed by atoms with van der Waals surface area (Å²) in [6, 6.07) is 11.1. The zero-order valence-electron chi connectivity index (χ0n) is 12.3. The number of rotatable bonds is 5. The average Bonchev–Trinajstić information content (AvgIpc) is 2.52.